The number of nitrogens with zero attached hydrogens (tertiary/aromatic N) is 5. The molecule has 5 rings (SSSR count). The van der Waals surface area contributed by atoms with Gasteiger partial charge in [-0.05, 0) is 18.9 Å². The summed E-state index contributed by atoms with van der Waals surface area (Å²) in [6.45, 7) is 1.50. The van der Waals surface area contributed by atoms with E-state index in [-0.39, 0.29) is 6.61 Å². The molecule has 1 fully saturated rings. The van der Waals surface area contributed by atoms with Crippen LogP contribution in [0.2, 0.25) is 5.02 Å². The first-order chi connectivity index (χ1) is 14.0. The summed E-state index contributed by atoms with van der Waals surface area (Å²) < 4.78 is 1.76. The molecule has 1 aliphatic rings. The van der Waals surface area contributed by atoms with Crippen LogP contribution in [0.25, 0.3) is 33.2 Å². The molecule has 4 heterocycles. The highest BCUT2D eigenvalue weighted by atomic mass is 35.5. The maximum absolute atomic E-state index is 9.46. The molecule has 0 unspecified atom stereocenters. The largest absolute Gasteiger partial charge is 0.394 e. The molecule has 4 N–H and O–H groups in total. The molecule has 8 nitrogen and oxygen atoms in total. The van der Waals surface area contributed by atoms with Gasteiger partial charge >= 0.3 is 0 Å². The molecule has 0 spiro atoms. The molecule has 0 aliphatic carbocycles. The van der Waals surface area contributed by atoms with Gasteiger partial charge in [0.2, 0.25) is 0 Å². The molecule has 4 aromatic rings. The van der Waals surface area contributed by atoms with Crippen LogP contribution in [-0.2, 0) is 7.05 Å². The van der Waals surface area contributed by atoms with E-state index in [4.69, 9.17) is 22.3 Å². The molecule has 1 aliphatic heterocycles. The number of aromatic amines is 1. The minimum absolute atomic E-state index is 0.00752. The van der Waals surface area contributed by atoms with Gasteiger partial charge in [0.05, 0.1) is 23.3 Å². The van der Waals surface area contributed by atoms with Crippen LogP contribution in [0.3, 0.4) is 0 Å². The number of fused-ring (bicyclic) bond motifs is 2. The van der Waals surface area contributed by atoms with E-state index in [2.05, 4.69) is 20.0 Å². The lowest BCUT2D eigenvalue weighted by molar-refractivity contribution is 0.170. The standard InChI is InChI=1S/C20H22ClN7O/c1-27-10-14-15(26-27)3-2-12(17(14)21)13-8-24-19-18(13)23-9-16(25-19)28-6-4-20(22,11-29)5-7-28/h2-3,8-10,29H,4-7,11,22H2,1H3,(H,24,25). The monoisotopic (exact) mass is 411 g/mol. The van der Waals surface area contributed by atoms with Gasteiger partial charge in [-0.25, -0.2) is 9.97 Å². The highest BCUT2D eigenvalue weighted by molar-refractivity contribution is 6.38. The van der Waals surface area contributed by atoms with Gasteiger partial charge in [0.1, 0.15) is 11.3 Å². The molecule has 0 amide bonds. The topological polar surface area (TPSA) is 109 Å². The summed E-state index contributed by atoms with van der Waals surface area (Å²) in [6.07, 6.45) is 7.04. The molecule has 9 heteroatoms. The molecule has 0 bridgehead atoms. The van der Waals surface area contributed by atoms with Gasteiger partial charge in [-0.1, -0.05) is 17.7 Å². The number of hydrogen-bond acceptors (Lipinski definition) is 6. The smallest absolute Gasteiger partial charge is 0.159 e. The van der Waals surface area contributed by atoms with Gasteiger partial charge in [-0.15, -0.1) is 0 Å². The number of hydrogen-bond donors (Lipinski definition) is 3. The first-order valence-electron chi connectivity index (χ1n) is 9.58. The second-order valence-electron chi connectivity index (χ2n) is 7.80. The number of nitrogens with two attached hydrogens (primary N) is 1. The van der Waals surface area contributed by atoms with Crippen molar-refractivity contribution in [2.45, 2.75) is 18.4 Å². The molecule has 3 aromatic heterocycles. The van der Waals surface area contributed by atoms with E-state index in [1.165, 1.54) is 0 Å². The van der Waals surface area contributed by atoms with Gasteiger partial charge in [-0.3, -0.25) is 4.68 Å². The number of anilines is 1. The van der Waals surface area contributed by atoms with E-state index in [1.807, 2.05) is 31.6 Å². The lowest BCUT2D eigenvalue weighted by atomic mass is 9.90. The van der Waals surface area contributed by atoms with Crippen LogP contribution in [0.4, 0.5) is 5.82 Å². The molecule has 1 aromatic carbocycles. The Morgan fingerprint density at radius 1 is 1.28 bits per heavy atom. The molecule has 0 radical (unpaired) electrons. The second kappa shape index (κ2) is 6.69. The zero-order chi connectivity index (χ0) is 20.2. The van der Waals surface area contributed by atoms with Crippen LogP contribution in [0.1, 0.15) is 12.8 Å². The highest BCUT2D eigenvalue weighted by Gasteiger charge is 2.30. The molecule has 1 saturated heterocycles. The predicted molar refractivity (Wildman–Crippen MR) is 114 cm³/mol. The van der Waals surface area contributed by atoms with Gasteiger partial charge in [-0.2, -0.15) is 5.10 Å². The fourth-order valence-corrected chi connectivity index (χ4v) is 4.28. The first kappa shape index (κ1) is 18.4. The van der Waals surface area contributed by atoms with Gasteiger partial charge in [0.15, 0.2) is 5.65 Å². The summed E-state index contributed by atoms with van der Waals surface area (Å²) in [4.78, 5) is 14.8. The van der Waals surface area contributed by atoms with Crippen molar-refractivity contribution in [1.29, 1.82) is 0 Å². The van der Waals surface area contributed by atoms with E-state index in [0.717, 1.165) is 59.3 Å². The van der Waals surface area contributed by atoms with Crippen LogP contribution >= 0.6 is 11.6 Å². The quantitative estimate of drug-likeness (QED) is 0.477. The molecule has 150 valence electrons. The lowest BCUT2D eigenvalue weighted by Gasteiger charge is -2.38. The van der Waals surface area contributed by atoms with E-state index >= 15 is 0 Å². The van der Waals surface area contributed by atoms with Crippen LogP contribution in [-0.4, -0.2) is 55.1 Å². The number of aliphatic hydroxyl groups excluding tert-OH is 1. The average molecular weight is 412 g/mol. The summed E-state index contributed by atoms with van der Waals surface area (Å²) >= 11 is 6.68. The third kappa shape index (κ3) is 3.04. The number of piperidine rings is 1. The number of rotatable bonds is 3. The van der Waals surface area contributed by atoms with Crippen LogP contribution in [0, 0.1) is 0 Å². The minimum atomic E-state index is -0.491. The number of aromatic nitrogens is 5. The number of benzene rings is 1. The first-order valence-corrected chi connectivity index (χ1v) is 9.96. The molecule has 0 atom stereocenters. The number of aliphatic hydroxyl groups is 1. The number of halogens is 1. The van der Waals surface area contributed by atoms with Crippen molar-refractivity contribution in [2.24, 2.45) is 12.8 Å². The zero-order valence-corrected chi connectivity index (χ0v) is 16.8. The maximum atomic E-state index is 9.46. The van der Waals surface area contributed by atoms with Crippen molar-refractivity contribution in [3.05, 3.63) is 35.7 Å². The number of aryl methyl sites for hydroxylation is 1. The Balaban J connectivity index is 1.50. The third-order valence-corrected chi connectivity index (χ3v) is 6.20. The van der Waals surface area contributed by atoms with Crippen LogP contribution in [0.15, 0.2) is 30.7 Å². The Morgan fingerprint density at radius 3 is 2.83 bits per heavy atom. The van der Waals surface area contributed by atoms with Crippen molar-refractivity contribution < 1.29 is 5.11 Å². The van der Waals surface area contributed by atoms with Gasteiger partial charge in [0, 0.05) is 54.6 Å². The summed E-state index contributed by atoms with van der Waals surface area (Å²) in [5.74, 6) is 0.805. The van der Waals surface area contributed by atoms with Crippen molar-refractivity contribution in [3.8, 4) is 11.1 Å². The SMILES string of the molecule is Cn1cc2c(Cl)c(-c3c[nH]c4nc(N5CCC(N)(CO)CC5)cnc34)ccc2n1. The summed E-state index contributed by atoms with van der Waals surface area (Å²) in [6, 6.07) is 3.93. The minimum Gasteiger partial charge on any atom is -0.394 e. The second-order valence-corrected chi connectivity index (χ2v) is 8.18. The predicted octanol–water partition coefficient (Wildman–Crippen LogP) is 2.46. The Labute approximate surface area is 172 Å². The Hall–Kier alpha value is -2.68. The lowest BCUT2D eigenvalue weighted by Crippen LogP contribution is -2.53. The van der Waals surface area contributed by atoms with Crippen LogP contribution < -0.4 is 10.6 Å². The van der Waals surface area contributed by atoms with Crippen molar-refractivity contribution >= 4 is 39.5 Å². The van der Waals surface area contributed by atoms with Gasteiger partial charge < -0.3 is 20.7 Å². The van der Waals surface area contributed by atoms with Crippen molar-refractivity contribution in [2.75, 3.05) is 24.6 Å². The third-order valence-electron chi connectivity index (χ3n) is 5.79. The number of H-pyrrole nitrogens is 1. The summed E-state index contributed by atoms with van der Waals surface area (Å²) in [5, 5.41) is 15.4. The van der Waals surface area contributed by atoms with E-state index < -0.39 is 5.54 Å². The summed E-state index contributed by atoms with van der Waals surface area (Å²) in [5.41, 5.74) is 9.84. The maximum Gasteiger partial charge on any atom is 0.159 e. The molecular weight excluding hydrogens is 390 g/mol. The number of nitrogens with one attached hydrogen (secondary N) is 1. The van der Waals surface area contributed by atoms with E-state index in [0.29, 0.717) is 10.7 Å². The fourth-order valence-electron chi connectivity index (χ4n) is 3.97. The normalized spacial score (nSPS) is 16.8. The van der Waals surface area contributed by atoms with Crippen LogP contribution in [0.5, 0.6) is 0 Å². The molecule has 29 heavy (non-hydrogen) atoms. The average Bonchev–Trinajstić information content (AvgIpc) is 3.32. The van der Waals surface area contributed by atoms with Crippen molar-refractivity contribution in [1.82, 2.24) is 24.7 Å². The molecular formula is C20H22ClN7O. The van der Waals surface area contributed by atoms with Gasteiger partial charge in [0.25, 0.3) is 0 Å². The van der Waals surface area contributed by atoms with E-state index in [1.54, 1.807) is 10.9 Å². The van der Waals surface area contributed by atoms with Crippen molar-refractivity contribution in [3.63, 3.8) is 0 Å². The fraction of sp³-hybridized carbons (Fsp3) is 0.350. The summed E-state index contributed by atoms with van der Waals surface area (Å²) in [7, 11) is 1.88. The Kier molecular flexibility index (Phi) is 4.23. The highest BCUT2D eigenvalue weighted by Crippen LogP contribution is 2.37. The Bertz CT molecular complexity index is 1210. The molecule has 0 saturated carbocycles. The Morgan fingerprint density at radius 2 is 2.07 bits per heavy atom. The zero-order valence-electron chi connectivity index (χ0n) is 16.1. The van der Waals surface area contributed by atoms with E-state index in [9.17, 15) is 5.11 Å².